The van der Waals surface area contributed by atoms with Crippen LogP contribution in [0.2, 0.25) is 0 Å². The van der Waals surface area contributed by atoms with Gasteiger partial charge in [-0.05, 0) is 35.8 Å². The Labute approximate surface area is 181 Å². The third kappa shape index (κ3) is 8.22. The van der Waals surface area contributed by atoms with Crippen molar-refractivity contribution in [2.24, 2.45) is 0 Å². The number of hydrogen-bond donors (Lipinski definition) is 1. The Hall–Kier alpha value is -1.18. The number of methoxy groups -OCH3 is 1. The van der Waals surface area contributed by atoms with E-state index in [1.165, 1.54) is 64.2 Å². The largest absolute Gasteiger partial charge is 0.507 e. The molecule has 2 heteroatoms. The first-order chi connectivity index (χ1) is 13.7. The minimum atomic E-state index is -0.0587. The van der Waals surface area contributed by atoms with Crippen LogP contribution >= 0.6 is 0 Å². The van der Waals surface area contributed by atoms with Crippen molar-refractivity contribution in [3.63, 3.8) is 0 Å². The van der Waals surface area contributed by atoms with Crippen LogP contribution in [0.5, 0.6) is 11.5 Å². The minimum absolute atomic E-state index is 0.0587. The van der Waals surface area contributed by atoms with E-state index in [4.69, 9.17) is 4.74 Å². The highest BCUT2D eigenvalue weighted by Gasteiger charge is 2.31. The zero-order chi connectivity index (χ0) is 21.9. The van der Waals surface area contributed by atoms with Gasteiger partial charge >= 0.3 is 0 Å². The van der Waals surface area contributed by atoms with E-state index in [0.29, 0.717) is 5.75 Å². The van der Waals surface area contributed by atoms with Gasteiger partial charge in [-0.1, -0.05) is 106 Å². The molecule has 0 aliphatic heterocycles. The van der Waals surface area contributed by atoms with Gasteiger partial charge in [-0.2, -0.15) is 0 Å². The van der Waals surface area contributed by atoms with Gasteiger partial charge in [-0.15, -0.1) is 0 Å². The molecule has 0 aliphatic carbocycles. The van der Waals surface area contributed by atoms with Gasteiger partial charge in [0.1, 0.15) is 11.5 Å². The van der Waals surface area contributed by atoms with Crippen LogP contribution in [-0.2, 0) is 10.8 Å². The first-order valence-corrected chi connectivity index (χ1v) is 12.1. The summed E-state index contributed by atoms with van der Waals surface area (Å²) in [5.74, 6) is 1.36. The van der Waals surface area contributed by atoms with E-state index in [1.807, 2.05) is 0 Å². The number of hydrogen-bond acceptors (Lipinski definition) is 2. The summed E-state index contributed by atoms with van der Waals surface area (Å²) in [5, 5.41) is 11.3. The van der Waals surface area contributed by atoms with E-state index < -0.39 is 0 Å². The maximum Gasteiger partial charge on any atom is 0.123 e. The SMILES string of the molecule is CCCCCCCC(C)(C)c1cc(OC)cc(C(C)(C)CCCCCCC)c1O. The molecule has 0 spiro atoms. The predicted octanol–water partition coefficient (Wildman–Crippen LogP) is 8.68. The van der Waals surface area contributed by atoms with Gasteiger partial charge in [-0.3, -0.25) is 0 Å². The lowest BCUT2D eigenvalue weighted by atomic mass is 9.74. The number of phenolic OH excluding ortho intramolecular Hbond substituents is 1. The van der Waals surface area contributed by atoms with Crippen LogP contribution in [0.3, 0.4) is 0 Å². The Morgan fingerprint density at radius 2 is 1.07 bits per heavy atom. The van der Waals surface area contributed by atoms with Crippen LogP contribution in [-0.4, -0.2) is 12.2 Å². The summed E-state index contributed by atoms with van der Waals surface area (Å²) < 4.78 is 5.64. The maximum atomic E-state index is 11.3. The molecule has 1 aromatic carbocycles. The van der Waals surface area contributed by atoms with E-state index in [9.17, 15) is 5.11 Å². The van der Waals surface area contributed by atoms with Gasteiger partial charge in [0.25, 0.3) is 0 Å². The average Bonchev–Trinajstić information content (AvgIpc) is 2.67. The fourth-order valence-electron chi connectivity index (χ4n) is 4.37. The molecule has 1 aromatic rings. The highest BCUT2D eigenvalue weighted by molar-refractivity contribution is 5.52. The molecular formula is C27H48O2. The lowest BCUT2D eigenvalue weighted by Gasteiger charge is -2.32. The zero-order valence-electron chi connectivity index (χ0n) is 20.5. The molecule has 0 fully saturated rings. The standard InChI is InChI=1S/C27H48O2/c1-8-10-12-14-16-18-26(3,4)23-20-22(29-7)21-24(25(23)28)27(5,6)19-17-15-13-11-9-2/h20-21,28H,8-19H2,1-7H3. The molecule has 168 valence electrons. The highest BCUT2D eigenvalue weighted by atomic mass is 16.5. The van der Waals surface area contributed by atoms with Crippen molar-refractivity contribution < 1.29 is 9.84 Å². The average molecular weight is 405 g/mol. The van der Waals surface area contributed by atoms with Crippen LogP contribution in [0.25, 0.3) is 0 Å². The third-order valence-electron chi connectivity index (χ3n) is 6.59. The Balaban J connectivity index is 2.99. The minimum Gasteiger partial charge on any atom is -0.507 e. The zero-order valence-corrected chi connectivity index (χ0v) is 20.5. The van der Waals surface area contributed by atoms with Gasteiger partial charge < -0.3 is 9.84 Å². The van der Waals surface area contributed by atoms with E-state index in [1.54, 1.807) is 7.11 Å². The van der Waals surface area contributed by atoms with Crippen molar-refractivity contribution in [2.45, 2.75) is 129 Å². The summed E-state index contributed by atoms with van der Waals surface area (Å²) in [4.78, 5) is 0. The van der Waals surface area contributed by atoms with E-state index in [-0.39, 0.29) is 10.8 Å². The van der Waals surface area contributed by atoms with Crippen molar-refractivity contribution in [2.75, 3.05) is 7.11 Å². The summed E-state index contributed by atoms with van der Waals surface area (Å²) in [7, 11) is 1.73. The number of aromatic hydroxyl groups is 1. The molecule has 0 aliphatic rings. The monoisotopic (exact) mass is 404 g/mol. The first kappa shape index (κ1) is 25.9. The van der Waals surface area contributed by atoms with Gasteiger partial charge in [0.2, 0.25) is 0 Å². The second-order valence-electron chi connectivity index (χ2n) is 10.2. The smallest absolute Gasteiger partial charge is 0.123 e. The molecular weight excluding hydrogens is 356 g/mol. The molecule has 1 N–H and O–H groups in total. The van der Waals surface area contributed by atoms with E-state index >= 15 is 0 Å². The third-order valence-corrected chi connectivity index (χ3v) is 6.59. The van der Waals surface area contributed by atoms with Crippen LogP contribution in [0.4, 0.5) is 0 Å². The van der Waals surface area contributed by atoms with Gasteiger partial charge in [0, 0.05) is 11.1 Å². The molecule has 0 aromatic heterocycles. The van der Waals surface area contributed by atoms with E-state index in [2.05, 4.69) is 53.7 Å². The van der Waals surface area contributed by atoms with Gasteiger partial charge in [0.15, 0.2) is 0 Å². The van der Waals surface area contributed by atoms with Crippen LogP contribution in [0.1, 0.15) is 130 Å². The maximum absolute atomic E-state index is 11.3. The normalized spacial score (nSPS) is 12.4. The van der Waals surface area contributed by atoms with Crippen LogP contribution < -0.4 is 4.74 Å². The summed E-state index contributed by atoms with van der Waals surface area (Å²) in [6, 6.07) is 4.12. The number of benzene rings is 1. The predicted molar refractivity (Wildman–Crippen MR) is 127 cm³/mol. The fourth-order valence-corrected chi connectivity index (χ4v) is 4.37. The molecule has 2 nitrogen and oxygen atoms in total. The number of rotatable bonds is 15. The van der Waals surface area contributed by atoms with Crippen molar-refractivity contribution in [1.82, 2.24) is 0 Å². The summed E-state index contributed by atoms with van der Waals surface area (Å²) in [5.41, 5.74) is 1.97. The quantitative estimate of drug-likeness (QED) is 0.296. The molecule has 0 bridgehead atoms. The first-order valence-electron chi connectivity index (χ1n) is 12.1. The van der Waals surface area contributed by atoms with Gasteiger partial charge in [0.05, 0.1) is 7.11 Å². The highest BCUT2D eigenvalue weighted by Crippen LogP contribution is 2.45. The number of unbranched alkanes of at least 4 members (excludes halogenated alkanes) is 8. The second kappa shape index (κ2) is 12.5. The second-order valence-corrected chi connectivity index (χ2v) is 10.2. The van der Waals surface area contributed by atoms with Crippen molar-refractivity contribution in [3.8, 4) is 11.5 Å². The lowest BCUT2D eigenvalue weighted by molar-refractivity contribution is 0.367. The Bertz CT molecular complexity index is 539. The molecule has 0 saturated heterocycles. The summed E-state index contributed by atoms with van der Waals surface area (Å²) in [6.07, 6.45) is 15.0. The molecule has 0 atom stereocenters. The lowest BCUT2D eigenvalue weighted by Crippen LogP contribution is -2.22. The Morgan fingerprint density at radius 3 is 1.41 bits per heavy atom. The molecule has 0 radical (unpaired) electrons. The summed E-state index contributed by atoms with van der Waals surface area (Å²) in [6.45, 7) is 13.6. The summed E-state index contributed by atoms with van der Waals surface area (Å²) >= 11 is 0. The molecule has 0 saturated carbocycles. The molecule has 0 amide bonds. The van der Waals surface area contributed by atoms with Crippen molar-refractivity contribution in [1.29, 1.82) is 0 Å². The van der Waals surface area contributed by atoms with Crippen molar-refractivity contribution in [3.05, 3.63) is 23.3 Å². The Kier molecular flexibility index (Phi) is 11.1. The van der Waals surface area contributed by atoms with Crippen LogP contribution in [0, 0.1) is 0 Å². The fraction of sp³-hybridized carbons (Fsp3) is 0.778. The van der Waals surface area contributed by atoms with Crippen molar-refractivity contribution >= 4 is 0 Å². The van der Waals surface area contributed by atoms with E-state index in [0.717, 1.165) is 29.7 Å². The number of ether oxygens (including phenoxy) is 1. The van der Waals surface area contributed by atoms with Crippen LogP contribution in [0.15, 0.2) is 12.1 Å². The molecule has 29 heavy (non-hydrogen) atoms. The molecule has 0 unspecified atom stereocenters. The Morgan fingerprint density at radius 1 is 0.690 bits per heavy atom. The molecule has 0 heterocycles. The van der Waals surface area contributed by atoms with Gasteiger partial charge in [-0.25, -0.2) is 0 Å². The number of phenols is 1. The topological polar surface area (TPSA) is 29.5 Å². The molecule has 1 rings (SSSR count).